The summed E-state index contributed by atoms with van der Waals surface area (Å²) in [6, 6.07) is 3.64. The number of hydrogen-bond donors (Lipinski definition) is 1. The van der Waals surface area contributed by atoms with Crippen LogP contribution in [0, 0.1) is 6.92 Å². The van der Waals surface area contributed by atoms with E-state index in [1.54, 1.807) is 17.1 Å². The smallest absolute Gasteiger partial charge is 0.0846 e. The predicted octanol–water partition coefficient (Wildman–Crippen LogP) is 2.16. The zero-order valence-electron chi connectivity index (χ0n) is 9.76. The van der Waals surface area contributed by atoms with E-state index in [-0.39, 0.29) is 0 Å². The molecule has 0 saturated heterocycles. The van der Waals surface area contributed by atoms with E-state index in [0.29, 0.717) is 6.42 Å². The number of pyridine rings is 1. The Hall–Kier alpha value is -1.20. The minimum Gasteiger partial charge on any atom is -0.388 e. The summed E-state index contributed by atoms with van der Waals surface area (Å²) in [4.78, 5) is 3.94. The van der Waals surface area contributed by atoms with Crippen LogP contribution in [-0.4, -0.2) is 19.9 Å². The van der Waals surface area contributed by atoms with Crippen molar-refractivity contribution in [3.05, 3.63) is 46.0 Å². The van der Waals surface area contributed by atoms with Crippen molar-refractivity contribution >= 4 is 15.9 Å². The van der Waals surface area contributed by atoms with E-state index < -0.39 is 6.10 Å². The molecule has 0 spiro atoms. The van der Waals surface area contributed by atoms with Gasteiger partial charge in [0.25, 0.3) is 0 Å². The molecular weight excluding hydrogens is 282 g/mol. The Morgan fingerprint density at radius 3 is 2.59 bits per heavy atom. The maximum Gasteiger partial charge on any atom is 0.0846 e. The molecule has 90 valence electrons. The highest BCUT2D eigenvalue weighted by Gasteiger charge is 2.16. The Bertz CT molecular complexity index is 510. The number of aliphatic hydroxyl groups excluding tert-OH is 1. The van der Waals surface area contributed by atoms with E-state index in [1.165, 1.54) is 0 Å². The lowest BCUT2D eigenvalue weighted by Gasteiger charge is -2.11. The zero-order chi connectivity index (χ0) is 12.4. The van der Waals surface area contributed by atoms with Crippen molar-refractivity contribution in [2.75, 3.05) is 0 Å². The van der Waals surface area contributed by atoms with E-state index in [0.717, 1.165) is 21.4 Å². The van der Waals surface area contributed by atoms with Gasteiger partial charge in [0.05, 0.1) is 22.0 Å². The van der Waals surface area contributed by atoms with Gasteiger partial charge in [-0.3, -0.25) is 9.67 Å². The first-order valence-electron chi connectivity index (χ1n) is 5.35. The molecule has 0 aromatic carbocycles. The van der Waals surface area contributed by atoms with Crippen molar-refractivity contribution in [2.45, 2.75) is 19.4 Å². The largest absolute Gasteiger partial charge is 0.388 e. The monoisotopic (exact) mass is 295 g/mol. The van der Waals surface area contributed by atoms with Crippen LogP contribution >= 0.6 is 15.9 Å². The SMILES string of the molecule is Cc1nn(C)c(CC(O)c2ccncc2)c1Br. The minimum atomic E-state index is -0.538. The quantitative estimate of drug-likeness (QED) is 0.944. The zero-order valence-corrected chi connectivity index (χ0v) is 11.3. The van der Waals surface area contributed by atoms with Gasteiger partial charge in [-0.05, 0) is 40.5 Å². The van der Waals surface area contributed by atoms with Gasteiger partial charge < -0.3 is 5.11 Å². The maximum atomic E-state index is 10.1. The molecule has 1 atom stereocenters. The normalized spacial score (nSPS) is 12.7. The molecule has 1 N–H and O–H groups in total. The summed E-state index contributed by atoms with van der Waals surface area (Å²) in [5, 5.41) is 14.4. The fourth-order valence-corrected chi connectivity index (χ4v) is 2.29. The summed E-state index contributed by atoms with van der Waals surface area (Å²) in [5.74, 6) is 0. The highest BCUT2D eigenvalue weighted by molar-refractivity contribution is 9.10. The van der Waals surface area contributed by atoms with Crippen LogP contribution in [0.15, 0.2) is 29.0 Å². The van der Waals surface area contributed by atoms with Gasteiger partial charge in [-0.25, -0.2) is 0 Å². The molecular formula is C12H14BrN3O. The first-order chi connectivity index (χ1) is 8.09. The van der Waals surface area contributed by atoms with Crippen molar-refractivity contribution in [3.63, 3.8) is 0 Å². The Balaban J connectivity index is 2.22. The second kappa shape index (κ2) is 4.98. The topological polar surface area (TPSA) is 50.9 Å². The molecule has 0 saturated carbocycles. The van der Waals surface area contributed by atoms with Gasteiger partial charge in [0, 0.05) is 25.9 Å². The first-order valence-corrected chi connectivity index (χ1v) is 6.15. The van der Waals surface area contributed by atoms with Crippen molar-refractivity contribution in [2.24, 2.45) is 7.05 Å². The summed E-state index contributed by atoms with van der Waals surface area (Å²) < 4.78 is 2.76. The molecule has 2 aromatic rings. The number of rotatable bonds is 3. The lowest BCUT2D eigenvalue weighted by atomic mass is 10.1. The number of aryl methyl sites for hydroxylation is 2. The van der Waals surface area contributed by atoms with E-state index in [1.807, 2.05) is 26.1 Å². The van der Waals surface area contributed by atoms with Crippen LogP contribution < -0.4 is 0 Å². The third-order valence-electron chi connectivity index (χ3n) is 2.74. The molecule has 0 aliphatic rings. The summed E-state index contributed by atoms with van der Waals surface area (Å²) >= 11 is 3.50. The van der Waals surface area contributed by atoms with Gasteiger partial charge in [0.1, 0.15) is 0 Å². The third-order valence-corrected chi connectivity index (χ3v) is 3.77. The van der Waals surface area contributed by atoms with Crippen LogP contribution in [0.2, 0.25) is 0 Å². The van der Waals surface area contributed by atoms with Crippen molar-refractivity contribution in [3.8, 4) is 0 Å². The Labute approximate surface area is 108 Å². The molecule has 2 heterocycles. The lowest BCUT2D eigenvalue weighted by molar-refractivity contribution is 0.175. The Kier molecular flexibility index (Phi) is 3.59. The second-order valence-electron chi connectivity index (χ2n) is 3.97. The van der Waals surface area contributed by atoms with Crippen molar-refractivity contribution in [1.29, 1.82) is 0 Å². The molecule has 0 fully saturated rings. The molecule has 5 heteroatoms. The molecule has 0 radical (unpaired) electrons. The third kappa shape index (κ3) is 2.56. The average molecular weight is 296 g/mol. The highest BCUT2D eigenvalue weighted by atomic mass is 79.9. The lowest BCUT2D eigenvalue weighted by Crippen LogP contribution is -2.07. The number of nitrogens with zero attached hydrogens (tertiary/aromatic N) is 3. The molecule has 0 bridgehead atoms. The van der Waals surface area contributed by atoms with Gasteiger partial charge in [-0.2, -0.15) is 5.10 Å². The van der Waals surface area contributed by atoms with E-state index in [2.05, 4.69) is 26.0 Å². The Morgan fingerprint density at radius 1 is 1.41 bits per heavy atom. The fourth-order valence-electron chi connectivity index (χ4n) is 1.79. The molecule has 0 aliphatic carbocycles. The summed E-state index contributed by atoms with van der Waals surface area (Å²) in [6.07, 6.45) is 3.36. The molecule has 17 heavy (non-hydrogen) atoms. The summed E-state index contributed by atoms with van der Waals surface area (Å²) in [7, 11) is 1.88. The summed E-state index contributed by atoms with van der Waals surface area (Å²) in [6.45, 7) is 1.94. The highest BCUT2D eigenvalue weighted by Crippen LogP contribution is 2.25. The fraction of sp³-hybridized carbons (Fsp3) is 0.333. The van der Waals surface area contributed by atoms with Crippen LogP contribution in [0.3, 0.4) is 0 Å². The van der Waals surface area contributed by atoms with Crippen LogP contribution in [0.1, 0.15) is 23.1 Å². The molecule has 1 unspecified atom stereocenters. The maximum absolute atomic E-state index is 10.1. The van der Waals surface area contributed by atoms with E-state index >= 15 is 0 Å². The van der Waals surface area contributed by atoms with Crippen molar-refractivity contribution < 1.29 is 5.11 Å². The van der Waals surface area contributed by atoms with Crippen LogP contribution in [0.4, 0.5) is 0 Å². The van der Waals surface area contributed by atoms with Crippen molar-refractivity contribution in [1.82, 2.24) is 14.8 Å². The molecule has 2 rings (SSSR count). The van der Waals surface area contributed by atoms with Gasteiger partial charge >= 0.3 is 0 Å². The minimum absolute atomic E-state index is 0.530. The van der Waals surface area contributed by atoms with E-state index in [9.17, 15) is 5.11 Å². The van der Waals surface area contributed by atoms with Gasteiger partial charge in [0.15, 0.2) is 0 Å². The van der Waals surface area contributed by atoms with E-state index in [4.69, 9.17) is 0 Å². The molecule has 0 aliphatic heterocycles. The first kappa shape index (κ1) is 12.3. The molecule has 2 aromatic heterocycles. The predicted molar refractivity (Wildman–Crippen MR) is 68.5 cm³/mol. The molecule has 0 amide bonds. The number of hydrogen-bond acceptors (Lipinski definition) is 3. The second-order valence-corrected chi connectivity index (χ2v) is 4.76. The number of aliphatic hydroxyl groups is 1. The average Bonchev–Trinajstić information content (AvgIpc) is 2.57. The van der Waals surface area contributed by atoms with Gasteiger partial charge in [-0.1, -0.05) is 0 Å². The van der Waals surface area contributed by atoms with Crippen LogP contribution in [-0.2, 0) is 13.5 Å². The van der Waals surface area contributed by atoms with Crippen LogP contribution in [0.5, 0.6) is 0 Å². The molecule has 4 nitrogen and oxygen atoms in total. The van der Waals surface area contributed by atoms with Gasteiger partial charge in [0.2, 0.25) is 0 Å². The number of aromatic nitrogens is 3. The number of halogens is 1. The standard InChI is InChI=1S/C12H14BrN3O/c1-8-12(13)10(16(2)15-8)7-11(17)9-3-5-14-6-4-9/h3-6,11,17H,7H2,1-2H3. The van der Waals surface area contributed by atoms with Gasteiger partial charge in [-0.15, -0.1) is 0 Å². The Morgan fingerprint density at radius 2 is 2.06 bits per heavy atom. The van der Waals surface area contributed by atoms with Crippen LogP contribution in [0.25, 0.3) is 0 Å². The summed E-state index contributed by atoms with van der Waals surface area (Å²) in [5.41, 5.74) is 2.79.